The van der Waals surface area contributed by atoms with Crippen molar-refractivity contribution in [3.63, 3.8) is 0 Å². The Morgan fingerprint density at radius 2 is 1.78 bits per heavy atom. The molecule has 0 radical (unpaired) electrons. The molecule has 2 aliphatic heterocycles. The molecule has 1 aliphatic carbocycles. The highest BCUT2D eigenvalue weighted by Crippen LogP contribution is 2.38. The monoisotopic (exact) mass is 534 g/mol. The van der Waals surface area contributed by atoms with Crippen LogP contribution in [0.15, 0.2) is 34.2 Å². The van der Waals surface area contributed by atoms with Crippen molar-refractivity contribution in [2.75, 3.05) is 19.6 Å². The predicted molar refractivity (Wildman–Crippen MR) is 122 cm³/mol. The SMILES string of the molecule is O=C(CNC1CC1)NC1=NC(=O)S/C1=C\C1CCN(Cc2ccc(C(F)(F)F)cc2C(F)(F)F)CC1. The summed E-state index contributed by atoms with van der Waals surface area (Å²) in [6.07, 6.45) is -4.71. The molecule has 2 amide bonds. The Bertz CT molecular complexity index is 1070. The first-order valence-corrected chi connectivity index (χ1v) is 12.3. The normalized spacial score (nSPS) is 21.2. The number of piperidine rings is 1. The number of hydrogen-bond acceptors (Lipinski definition) is 5. The van der Waals surface area contributed by atoms with Crippen LogP contribution in [0.5, 0.6) is 0 Å². The highest BCUT2D eigenvalue weighted by Gasteiger charge is 2.38. The van der Waals surface area contributed by atoms with Crippen LogP contribution in [0, 0.1) is 5.92 Å². The van der Waals surface area contributed by atoms with Crippen LogP contribution in [-0.4, -0.2) is 47.6 Å². The Morgan fingerprint density at radius 1 is 1.08 bits per heavy atom. The number of likely N-dealkylation sites (tertiary alicyclic amines) is 1. The summed E-state index contributed by atoms with van der Waals surface area (Å²) in [5.74, 6) is -0.0840. The van der Waals surface area contributed by atoms with Gasteiger partial charge in [-0.3, -0.25) is 14.5 Å². The maximum absolute atomic E-state index is 13.4. The molecule has 6 nitrogen and oxygen atoms in total. The zero-order valence-electron chi connectivity index (χ0n) is 19.0. The average Bonchev–Trinajstić information content (AvgIpc) is 3.55. The zero-order valence-corrected chi connectivity index (χ0v) is 19.8. The van der Waals surface area contributed by atoms with E-state index >= 15 is 0 Å². The van der Waals surface area contributed by atoms with Crippen LogP contribution >= 0.6 is 11.8 Å². The molecule has 1 aromatic carbocycles. The molecule has 196 valence electrons. The van der Waals surface area contributed by atoms with E-state index in [0.29, 0.717) is 42.9 Å². The van der Waals surface area contributed by atoms with Gasteiger partial charge in [0, 0.05) is 12.6 Å². The van der Waals surface area contributed by atoms with Gasteiger partial charge in [-0.2, -0.15) is 31.3 Å². The largest absolute Gasteiger partial charge is 0.416 e. The first-order chi connectivity index (χ1) is 16.9. The lowest BCUT2D eigenvalue weighted by molar-refractivity contribution is -0.143. The zero-order chi connectivity index (χ0) is 26.1. The summed E-state index contributed by atoms with van der Waals surface area (Å²) in [6.45, 7) is 0.851. The highest BCUT2D eigenvalue weighted by atomic mass is 32.2. The summed E-state index contributed by atoms with van der Waals surface area (Å²) in [7, 11) is 0. The number of halogens is 6. The van der Waals surface area contributed by atoms with E-state index in [4.69, 9.17) is 0 Å². The Labute approximate surface area is 207 Å². The van der Waals surface area contributed by atoms with Gasteiger partial charge in [-0.05, 0) is 74.1 Å². The van der Waals surface area contributed by atoms with E-state index in [0.717, 1.165) is 30.7 Å². The third kappa shape index (κ3) is 7.10. The second-order valence-corrected chi connectivity index (χ2v) is 10.0. The number of hydrogen-bond donors (Lipinski definition) is 2. The lowest BCUT2D eigenvalue weighted by atomic mass is 9.95. The minimum Gasteiger partial charge on any atom is -0.309 e. The summed E-state index contributed by atoms with van der Waals surface area (Å²) < 4.78 is 79.1. The number of alkyl halides is 6. The number of carbonyl (C=O) groups is 2. The fourth-order valence-corrected chi connectivity index (χ4v) is 4.88. The summed E-state index contributed by atoms with van der Waals surface area (Å²) in [5.41, 5.74) is -2.82. The Balaban J connectivity index is 1.35. The van der Waals surface area contributed by atoms with Gasteiger partial charge in [0.2, 0.25) is 5.91 Å². The summed E-state index contributed by atoms with van der Waals surface area (Å²) in [4.78, 5) is 30.1. The van der Waals surface area contributed by atoms with E-state index in [2.05, 4.69) is 15.6 Å². The number of aliphatic imine (C=N–C) groups is 1. The third-order valence-corrected chi connectivity index (χ3v) is 6.99. The van der Waals surface area contributed by atoms with Gasteiger partial charge < -0.3 is 10.6 Å². The van der Waals surface area contributed by atoms with Gasteiger partial charge in [0.25, 0.3) is 0 Å². The molecule has 36 heavy (non-hydrogen) atoms. The van der Waals surface area contributed by atoms with Crippen molar-refractivity contribution in [3.8, 4) is 0 Å². The van der Waals surface area contributed by atoms with Crippen LogP contribution in [0.2, 0.25) is 0 Å². The minimum atomic E-state index is -4.90. The second-order valence-electron chi connectivity index (χ2n) is 9.04. The number of amides is 2. The maximum atomic E-state index is 13.4. The van der Waals surface area contributed by atoms with E-state index in [9.17, 15) is 35.9 Å². The molecule has 1 saturated carbocycles. The second kappa shape index (κ2) is 10.5. The van der Waals surface area contributed by atoms with Crippen molar-refractivity contribution < 1.29 is 35.9 Å². The van der Waals surface area contributed by atoms with Crippen LogP contribution in [0.1, 0.15) is 42.4 Å². The van der Waals surface area contributed by atoms with Crippen LogP contribution < -0.4 is 10.6 Å². The van der Waals surface area contributed by atoms with Crippen molar-refractivity contribution in [2.45, 2.75) is 50.6 Å². The number of allylic oxidation sites excluding steroid dienone is 1. The smallest absolute Gasteiger partial charge is 0.309 e. The number of nitrogens with one attached hydrogen (secondary N) is 2. The van der Waals surface area contributed by atoms with Crippen LogP contribution in [0.25, 0.3) is 0 Å². The van der Waals surface area contributed by atoms with E-state index < -0.39 is 28.7 Å². The van der Waals surface area contributed by atoms with Gasteiger partial charge in [-0.15, -0.1) is 0 Å². The maximum Gasteiger partial charge on any atom is 0.416 e. The predicted octanol–water partition coefficient (Wildman–Crippen LogP) is 4.95. The molecule has 0 unspecified atom stereocenters. The number of thioether (sulfide) groups is 1. The highest BCUT2D eigenvalue weighted by molar-refractivity contribution is 8.18. The number of rotatable bonds is 6. The van der Waals surface area contributed by atoms with Crippen LogP contribution in [0.3, 0.4) is 0 Å². The number of nitrogens with zero attached hydrogens (tertiary/aromatic N) is 2. The van der Waals surface area contributed by atoms with Crippen molar-refractivity contribution in [1.29, 1.82) is 0 Å². The summed E-state index contributed by atoms with van der Waals surface area (Å²) >= 11 is 0.910. The van der Waals surface area contributed by atoms with E-state index in [1.165, 1.54) is 0 Å². The van der Waals surface area contributed by atoms with Crippen molar-refractivity contribution in [1.82, 2.24) is 15.5 Å². The molecule has 1 aromatic rings. The lowest BCUT2D eigenvalue weighted by Gasteiger charge is -2.31. The molecule has 0 atom stereocenters. The first-order valence-electron chi connectivity index (χ1n) is 11.4. The fraction of sp³-hybridized carbons (Fsp3) is 0.522. The van der Waals surface area contributed by atoms with E-state index in [1.807, 2.05) is 6.08 Å². The standard InChI is InChI=1S/C23H24F6N4O2S/c24-22(25,26)15-2-1-14(17(10-15)23(27,28)29)12-33-7-5-13(6-8-33)9-18-20(32-21(35)36-18)31-19(34)11-30-16-3-4-16/h1-2,9-10,13,16,30H,3-8,11-12H2,(H,31,32,34,35)/b18-9-. The van der Waals surface area contributed by atoms with Gasteiger partial charge in [0.05, 0.1) is 22.6 Å². The van der Waals surface area contributed by atoms with Crippen LogP contribution in [-0.2, 0) is 23.7 Å². The van der Waals surface area contributed by atoms with Gasteiger partial charge in [-0.1, -0.05) is 12.1 Å². The molecular weight excluding hydrogens is 510 g/mol. The van der Waals surface area contributed by atoms with E-state index in [-0.39, 0.29) is 42.4 Å². The number of amidine groups is 1. The topological polar surface area (TPSA) is 73.8 Å². The Hall–Kier alpha value is -2.38. The van der Waals surface area contributed by atoms with Gasteiger partial charge >= 0.3 is 17.6 Å². The third-order valence-electron chi connectivity index (χ3n) is 6.18. The molecule has 3 aliphatic rings. The van der Waals surface area contributed by atoms with Crippen molar-refractivity contribution in [3.05, 3.63) is 45.9 Å². The molecule has 2 heterocycles. The molecule has 2 N–H and O–H groups in total. The van der Waals surface area contributed by atoms with Gasteiger partial charge in [0.15, 0.2) is 5.84 Å². The minimum absolute atomic E-state index is 0.0102. The van der Waals surface area contributed by atoms with Gasteiger partial charge in [-0.25, -0.2) is 0 Å². The lowest BCUT2D eigenvalue weighted by Crippen LogP contribution is -2.38. The quantitative estimate of drug-likeness (QED) is 0.506. The van der Waals surface area contributed by atoms with Gasteiger partial charge in [0.1, 0.15) is 0 Å². The molecule has 0 spiro atoms. The molecule has 4 rings (SSSR count). The average molecular weight is 535 g/mol. The molecule has 0 aromatic heterocycles. The molecule has 1 saturated heterocycles. The summed E-state index contributed by atoms with van der Waals surface area (Å²) in [6, 6.07) is 2.08. The molecule has 2 fully saturated rings. The first kappa shape index (κ1) is 26.7. The number of carbonyl (C=O) groups excluding carboxylic acids is 2. The fourth-order valence-electron chi connectivity index (χ4n) is 4.10. The molecule has 13 heteroatoms. The molecular formula is C23H24F6N4O2S. The molecule has 0 bridgehead atoms. The summed E-state index contributed by atoms with van der Waals surface area (Å²) in [5, 5.41) is 5.29. The number of benzene rings is 1. The Morgan fingerprint density at radius 3 is 2.39 bits per heavy atom. The van der Waals surface area contributed by atoms with Crippen LogP contribution in [0.4, 0.5) is 31.1 Å². The van der Waals surface area contributed by atoms with Crippen molar-refractivity contribution in [2.24, 2.45) is 10.9 Å². The van der Waals surface area contributed by atoms with E-state index in [1.54, 1.807) is 4.90 Å². The Kier molecular flexibility index (Phi) is 7.81. The van der Waals surface area contributed by atoms with Crippen molar-refractivity contribution >= 4 is 28.7 Å².